The van der Waals surface area contributed by atoms with E-state index in [1.165, 1.54) is 26.2 Å². The van der Waals surface area contributed by atoms with Crippen LogP contribution in [0.3, 0.4) is 0 Å². The average Bonchev–Trinajstić information content (AvgIpc) is 3.42. The third-order valence-electron chi connectivity index (χ3n) is 4.52. The van der Waals surface area contributed by atoms with Crippen LogP contribution >= 0.6 is 15.9 Å². The van der Waals surface area contributed by atoms with Crippen molar-refractivity contribution in [1.29, 1.82) is 0 Å². The molecule has 3 rings (SSSR count). The molecule has 1 heterocycles. The SMILES string of the molecule is COc1cc([N+](=O)[O-])ccc1NC(=O)C(C)n1nc(C(F)(F)F)c(Br)c1C1CC1. The predicted octanol–water partition coefficient (Wildman–Crippen LogP) is 4.66. The fraction of sp³-hybridized carbons (Fsp3) is 0.412. The van der Waals surface area contributed by atoms with E-state index in [0.29, 0.717) is 18.5 Å². The maximum atomic E-state index is 13.3. The van der Waals surface area contributed by atoms with Gasteiger partial charge in [0, 0.05) is 12.0 Å². The minimum Gasteiger partial charge on any atom is -0.494 e. The number of carbonyl (C=O) groups excluding carboxylic acids is 1. The van der Waals surface area contributed by atoms with Gasteiger partial charge in [-0.25, -0.2) is 0 Å². The van der Waals surface area contributed by atoms with Crippen molar-refractivity contribution in [2.45, 2.75) is 37.9 Å². The van der Waals surface area contributed by atoms with Crippen molar-refractivity contribution in [2.75, 3.05) is 12.4 Å². The Morgan fingerprint density at radius 1 is 1.45 bits per heavy atom. The van der Waals surface area contributed by atoms with Crippen LogP contribution < -0.4 is 10.1 Å². The second-order valence-electron chi connectivity index (χ2n) is 6.57. The Morgan fingerprint density at radius 3 is 2.62 bits per heavy atom. The number of hydrogen-bond donors (Lipinski definition) is 1. The molecule has 12 heteroatoms. The Morgan fingerprint density at radius 2 is 2.10 bits per heavy atom. The topological polar surface area (TPSA) is 99.3 Å². The van der Waals surface area contributed by atoms with Crippen molar-refractivity contribution in [2.24, 2.45) is 0 Å². The van der Waals surface area contributed by atoms with Crippen LogP contribution in [0.5, 0.6) is 5.75 Å². The molecule has 1 aliphatic carbocycles. The Kier molecular flexibility index (Phi) is 5.57. The third kappa shape index (κ3) is 4.21. The van der Waals surface area contributed by atoms with E-state index in [0.717, 1.165) is 10.7 Å². The maximum absolute atomic E-state index is 13.3. The average molecular weight is 477 g/mol. The van der Waals surface area contributed by atoms with Crippen molar-refractivity contribution < 1.29 is 27.6 Å². The largest absolute Gasteiger partial charge is 0.494 e. The highest BCUT2D eigenvalue weighted by atomic mass is 79.9. The molecule has 0 bridgehead atoms. The lowest BCUT2D eigenvalue weighted by atomic mass is 10.2. The molecule has 1 amide bonds. The molecule has 0 aliphatic heterocycles. The van der Waals surface area contributed by atoms with Crippen LogP contribution in [0.2, 0.25) is 0 Å². The highest BCUT2D eigenvalue weighted by molar-refractivity contribution is 9.10. The molecule has 156 valence electrons. The van der Waals surface area contributed by atoms with Crippen molar-refractivity contribution in [1.82, 2.24) is 9.78 Å². The first kappa shape index (κ1) is 21.1. The number of amides is 1. The van der Waals surface area contributed by atoms with Gasteiger partial charge in [-0.15, -0.1) is 0 Å². The number of rotatable bonds is 6. The van der Waals surface area contributed by atoms with E-state index < -0.39 is 28.7 Å². The monoisotopic (exact) mass is 476 g/mol. The van der Waals surface area contributed by atoms with Crippen LogP contribution in [0.4, 0.5) is 24.5 Å². The number of aromatic nitrogens is 2. The lowest BCUT2D eigenvalue weighted by molar-refractivity contribution is -0.384. The highest BCUT2D eigenvalue weighted by Gasteiger charge is 2.43. The van der Waals surface area contributed by atoms with Crippen LogP contribution in [0.1, 0.15) is 43.1 Å². The number of nitro benzene ring substituents is 1. The fourth-order valence-electron chi connectivity index (χ4n) is 2.87. The normalized spacial score (nSPS) is 15.1. The number of hydrogen-bond acceptors (Lipinski definition) is 5. The zero-order valence-corrected chi connectivity index (χ0v) is 16.9. The Bertz CT molecular complexity index is 972. The number of ether oxygens (including phenoxy) is 1. The molecule has 0 spiro atoms. The number of non-ortho nitro benzene ring substituents is 1. The zero-order valence-electron chi connectivity index (χ0n) is 15.3. The van der Waals surface area contributed by atoms with Crippen molar-refractivity contribution in [3.05, 3.63) is 44.2 Å². The molecule has 1 saturated carbocycles. The summed E-state index contributed by atoms with van der Waals surface area (Å²) in [6.07, 6.45) is -3.23. The smallest absolute Gasteiger partial charge is 0.436 e. The second kappa shape index (κ2) is 7.65. The fourth-order valence-corrected chi connectivity index (χ4v) is 3.68. The summed E-state index contributed by atoms with van der Waals surface area (Å²) in [5.41, 5.74) is -0.817. The van der Waals surface area contributed by atoms with Crippen LogP contribution in [-0.4, -0.2) is 27.7 Å². The molecule has 2 aromatic rings. The third-order valence-corrected chi connectivity index (χ3v) is 5.30. The van der Waals surface area contributed by atoms with Gasteiger partial charge >= 0.3 is 6.18 Å². The molecule has 8 nitrogen and oxygen atoms in total. The minimum atomic E-state index is -4.66. The number of methoxy groups -OCH3 is 1. The molecule has 1 fully saturated rings. The number of nitrogens with one attached hydrogen (secondary N) is 1. The van der Waals surface area contributed by atoms with Gasteiger partial charge < -0.3 is 10.1 Å². The van der Waals surface area contributed by atoms with Crippen LogP contribution in [0, 0.1) is 10.1 Å². The molecule has 29 heavy (non-hydrogen) atoms. The van der Waals surface area contributed by atoms with Crippen molar-refractivity contribution in [3.63, 3.8) is 0 Å². The summed E-state index contributed by atoms with van der Waals surface area (Å²) >= 11 is 2.99. The van der Waals surface area contributed by atoms with E-state index in [4.69, 9.17) is 4.74 Å². The van der Waals surface area contributed by atoms with Gasteiger partial charge in [-0.2, -0.15) is 18.3 Å². The molecule has 0 radical (unpaired) electrons. The first-order chi connectivity index (χ1) is 13.5. The van der Waals surface area contributed by atoms with Gasteiger partial charge in [0.1, 0.15) is 11.8 Å². The molecule has 1 aliphatic rings. The van der Waals surface area contributed by atoms with Crippen molar-refractivity contribution in [3.8, 4) is 5.75 Å². The molecule has 1 aromatic heterocycles. The zero-order chi connectivity index (χ0) is 21.5. The van der Waals surface area contributed by atoms with Crippen LogP contribution in [-0.2, 0) is 11.0 Å². The molecule has 1 atom stereocenters. The van der Waals surface area contributed by atoms with Crippen LogP contribution in [0.15, 0.2) is 22.7 Å². The summed E-state index contributed by atoms with van der Waals surface area (Å²) < 4.78 is 45.8. The predicted molar refractivity (Wildman–Crippen MR) is 99.9 cm³/mol. The molecule has 0 saturated heterocycles. The van der Waals surface area contributed by atoms with E-state index in [1.54, 1.807) is 0 Å². The van der Waals surface area contributed by atoms with Gasteiger partial charge in [-0.05, 0) is 41.8 Å². The number of halogens is 4. The lowest BCUT2D eigenvalue weighted by Crippen LogP contribution is -2.26. The van der Waals surface area contributed by atoms with Gasteiger partial charge in [0.15, 0.2) is 5.69 Å². The lowest BCUT2D eigenvalue weighted by Gasteiger charge is -2.17. The summed E-state index contributed by atoms with van der Waals surface area (Å²) in [7, 11) is 1.28. The summed E-state index contributed by atoms with van der Waals surface area (Å²) in [5, 5.41) is 17.1. The van der Waals surface area contributed by atoms with E-state index in [2.05, 4.69) is 26.3 Å². The Labute approximate surface area is 171 Å². The summed E-state index contributed by atoms with van der Waals surface area (Å²) in [6.45, 7) is 1.43. The number of anilines is 1. The van der Waals surface area contributed by atoms with E-state index >= 15 is 0 Å². The van der Waals surface area contributed by atoms with Gasteiger partial charge in [-0.1, -0.05) is 0 Å². The molecule has 1 unspecified atom stereocenters. The standard InChI is InChI=1S/C17H16BrF3N4O4/c1-8(16(26)22-11-6-5-10(25(27)28)7-12(11)29-2)24-14(9-3-4-9)13(18)15(23-24)17(19,20)21/h5-9H,3-4H2,1-2H3,(H,22,26). The minimum absolute atomic E-state index is 0.0554. The number of benzene rings is 1. The van der Waals surface area contributed by atoms with Crippen LogP contribution in [0.25, 0.3) is 0 Å². The summed E-state index contributed by atoms with van der Waals surface area (Å²) in [4.78, 5) is 23.0. The molecule has 1 aromatic carbocycles. The van der Waals surface area contributed by atoms with E-state index in [1.807, 2.05) is 0 Å². The number of nitro groups is 1. The van der Waals surface area contributed by atoms with E-state index in [-0.39, 0.29) is 27.5 Å². The molecule has 1 N–H and O–H groups in total. The summed E-state index contributed by atoms with van der Waals surface area (Å²) in [6, 6.07) is 2.56. The highest BCUT2D eigenvalue weighted by Crippen LogP contribution is 2.47. The first-order valence-corrected chi connectivity index (χ1v) is 9.32. The Balaban J connectivity index is 1.91. The van der Waals surface area contributed by atoms with Gasteiger partial charge in [0.2, 0.25) is 5.91 Å². The number of alkyl halides is 3. The maximum Gasteiger partial charge on any atom is 0.436 e. The molecular weight excluding hydrogens is 461 g/mol. The number of carbonyl (C=O) groups is 1. The quantitative estimate of drug-likeness (QED) is 0.482. The second-order valence-corrected chi connectivity index (χ2v) is 7.36. The van der Waals surface area contributed by atoms with Gasteiger partial charge in [0.05, 0.1) is 34.0 Å². The van der Waals surface area contributed by atoms with Gasteiger partial charge in [0.25, 0.3) is 5.69 Å². The number of nitrogens with zero attached hydrogens (tertiary/aromatic N) is 3. The van der Waals surface area contributed by atoms with Gasteiger partial charge in [-0.3, -0.25) is 19.6 Å². The summed E-state index contributed by atoms with van der Waals surface area (Å²) in [5.74, 6) is -0.681. The van der Waals surface area contributed by atoms with Crippen molar-refractivity contribution >= 4 is 33.2 Å². The molecular formula is C17H16BrF3N4O4. The first-order valence-electron chi connectivity index (χ1n) is 8.53. The van der Waals surface area contributed by atoms with E-state index in [9.17, 15) is 28.1 Å². The Hall–Kier alpha value is -2.63.